The fourth-order valence-electron chi connectivity index (χ4n) is 1.70. The second kappa shape index (κ2) is 5.83. The molecule has 2 aromatic rings. The fraction of sp³-hybridized carbons (Fsp3) is 0.133. The van der Waals surface area contributed by atoms with Crippen molar-refractivity contribution in [3.63, 3.8) is 0 Å². The average molecular weight is 304 g/mol. The maximum absolute atomic E-state index is 11.9. The van der Waals surface area contributed by atoms with Crippen LogP contribution in [0.15, 0.2) is 53.0 Å². The summed E-state index contributed by atoms with van der Waals surface area (Å²) in [4.78, 5) is 11.9. The average Bonchev–Trinajstić information content (AvgIpc) is 2.41. The van der Waals surface area contributed by atoms with Crippen molar-refractivity contribution in [1.82, 2.24) is 0 Å². The van der Waals surface area contributed by atoms with E-state index < -0.39 is 0 Å². The smallest absolute Gasteiger partial charge is 0.181 e. The molecule has 0 bridgehead atoms. The minimum absolute atomic E-state index is 0.0926. The molecular formula is C15H14BrNO. The van der Waals surface area contributed by atoms with Crippen molar-refractivity contribution >= 4 is 27.4 Å². The maximum Gasteiger partial charge on any atom is 0.181 e. The Hall–Kier alpha value is -1.61. The van der Waals surface area contributed by atoms with Gasteiger partial charge in [-0.3, -0.25) is 4.79 Å². The summed E-state index contributed by atoms with van der Waals surface area (Å²) in [5, 5.41) is 3.17. The van der Waals surface area contributed by atoms with Crippen LogP contribution >= 0.6 is 15.9 Å². The second-order valence-electron chi connectivity index (χ2n) is 4.06. The van der Waals surface area contributed by atoms with Crippen LogP contribution in [0, 0.1) is 6.92 Å². The summed E-state index contributed by atoms with van der Waals surface area (Å²) in [6.07, 6.45) is 0. The van der Waals surface area contributed by atoms with Gasteiger partial charge in [-0.1, -0.05) is 52.3 Å². The van der Waals surface area contributed by atoms with E-state index in [0.717, 1.165) is 21.3 Å². The normalized spacial score (nSPS) is 10.1. The van der Waals surface area contributed by atoms with Crippen LogP contribution in [0.4, 0.5) is 5.69 Å². The molecule has 0 saturated heterocycles. The molecule has 18 heavy (non-hydrogen) atoms. The van der Waals surface area contributed by atoms with Gasteiger partial charge in [0, 0.05) is 15.7 Å². The molecule has 0 aliphatic rings. The van der Waals surface area contributed by atoms with Crippen LogP contribution in [-0.4, -0.2) is 12.3 Å². The number of anilines is 1. The molecule has 3 heteroatoms. The summed E-state index contributed by atoms with van der Waals surface area (Å²) in [5.74, 6) is 0.0926. The van der Waals surface area contributed by atoms with Gasteiger partial charge >= 0.3 is 0 Å². The first kappa shape index (κ1) is 12.8. The number of benzene rings is 2. The number of carbonyl (C=O) groups is 1. The van der Waals surface area contributed by atoms with E-state index in [2.05, 4.69) is 21.2 Å². The highest BCUT2D eigenvalue weighted by Crippen LogP contribution is 2.23. The van der Waals surface area contributed by atoms with Gasteiger partial charge in [-0.15, -0.1) is 0 Å². The van der Waals surface area contributed by atoms with Gasteiger partial charge in [-0.05, 0) is 24.6 Å². The molecule has 0 unspecified atom stereocenters. The molecule has 0 aliphatic heterocycles. The highest BCUT2D eigenvalue weighted by atomic mass is 79.9. The molecule has 0 saturated carbocycles. The van der Waals surface area contributed by atoms with E-state index in [0.29, 0.717) is 6.54 Å². The molecule has 0 heterocycles. The van der Waals surface area contributed by atoms with E-state index in [1.807, 2.05) is 55.5 Å². The second-order valence-corrected chi connectivity index (χ2v) is 4.91. The number of hydrogen-bond acceptors (Lipinski definition) is 2. The van der Waals surface area contributed by atoms with E-state index in [1.165, 1.54) is 0 Å². The topological polar surface area (TPSA) is 29.1 Å². The number of Topliss-reactive ketones (excluding diaryl/α,β-unsaturated/α-hetero) is 1. The van der Waals surface area contributed by atoms with Crippen molar-refractivity contribution in [3.05, 3.63) is 64.1 Å². The molecule has 2 rings (SSSR count). The Kier molecular flexibility index (Phi) is 4.15. The van der Waals surface area contributed by atoms with E-state index in [1.54, 1.807) is 0 Å². The van der Waals surface area contributed by atoms with Gasteiger partial charge < -0.3 is 5.32 Å². The minimum atomic E-state index is 0.0926. The zero-order chi connectivity index (χ0) is 13.0. The molecule has 0 radical (unpaired) electrons. The van der Waals surface area contributed by atoms with Gasteiger partial charge in [0.25, 0.3) is 0 Å². The van der Waals surface area contributed by atoms with Gasteiger partial charge in [-0.25, -0.2) is 0 Å². The van der Waals surface area contributed by atoms with Crippen molar-refractivity contribution < 1.29 is 4.79 Å². The van der Waals surface area contributed by atoms with Crippen molar-refractivity contribution in [1.29, 1.82) is 0 Å². The number of rotatable bonds is 4. The summed E-state index contributed by atoms with van der Waals surface area (Å²) >= 11 is 3.47. The van der Waals surface area contributed by atoms with E-state index >= 15 is 0 Å². The molecule has 0 aromatic heterocycles. The molecule has 0 spiro atoms. The lowest BCUT2D eigenvalue weighted by molar-refractivity contribution is 0.101. The fourth-order valence-corrected chi connectivity index (χ4v) is 2.07. The molecule has 92 valence electrons. The number of halogens is 1. The number of carbonyl (C=O) groups excluding carboxylic acids is 1. The van der Waals surface area contributed by atoms with Gasteiger partial charge in [-0.2, -0.15) is 0 Å². The molecule has 0 fully saturated rings. The third-order valence-corrected chi connectivity index (χ3v) is 3.66. The Morgan fingerprint density at radius 1 is 1.11 bits per heavy atom. The first-order chi connectivity index (χ1) is 8.68. The van der Waals surface area contributed by atoms with Crippen molar-refractivity contribution in [2.45, 2.75) is 6.92 Å². The highest BCUT2D eigenvalue weighted by molar-refractivity contribution is 9.10. The molecule has 2 nitrogen and oxygen atoms in total. The van der Waals surface area contributed by atoms with Crippen LogP contribution in [0.5, 0.6) is 0 Å². The molecule has 0 atom stereocenters. The van der Waals surface area contributed by atoms with Crippen LogP contribution in [-0.2, 0) is 0 Å². The largest absolute Gasteiger partial charge is 0.377 e. The third-order valence-electron chi connectivity index (χ3n) is 2.80. The molecule has 0 aliphatic carbocycles. The Balaban J connectivity index is 2.04. The number of nitrogens with one attached hydrogen (secondary N) is 1. The SMILES string of the molecule is Cc1c(Br)cccc1NCC(=O)c1ccccc1. The predicted molar refractivity (Wildman–Crippen MR) is 78.1 cm³/mol. The number of ketones is 1. The van der Waals surface area contributed by atoms with Crippen molar-refractivity contribution in [2.24, 2.45) is 0 Å². The van der Waals surface area contributed by atoms with E-state index in [-0.39, 0.29) is 5.78 Å². The van der Waals surface area contributed by atoms with Crippen LogP contribution in [0.1, 0.15) is 15.9 Å². The standard InChI is InChI=1S/C15H14BrNO/c1-11-13(16)8-5-9-14(11)17-10-15(18)12-6-3-2-4-7-12/h2-9,17H,10H2,1H3. The summed E-state index contributed by atoms with van der Waals surface area (Å²) in [7, 11) is 0. The summed E-state index contributed by atoms with van der Waals surface area (Å²) in [5.41, 5.74) is 2.82. The predicted octanol–water partition coefficient (Wildman–Crippen LogP) is 4.05. The zero-order valence-corrected chi connectivity index (χ0v) is 11.7. The van der Waals surface area contributed by atoms with Gasteiger partial charge in [0.05, 0.1) is 6.54 Å². The Morgan fingerprint density at radius 3 is 2.56 bits per heavy atom. The van der Waals surface area contributed by atoms with Crippen LogP contribution in [0.2, 0.25) is 0 Å². The zero-order valence-electron chi connectivity index (χ0n) is 10.1. The molecule has 2 aromatic carbocycles. The van der Waals surface area contributed by atoms with Gasteiger partial charge in [0.2, 0.25) is 0 Å². The van der Waals surface area contributed by atoms with Crippen LogP contribution in [0.3, 0.4) is 0 Å². The quantitative estimate of drug-likeness (QED) is 0.863. The number of hydrogen-bond donors (Lipinski definition) is 1. The minimum Gasteiger partial charge on any atom is -0.377 e. The first-order valence-corrected chi connectivity index (χ1v) is 6.55. The lowest BCUT2D eigenvalue weighted by Gasteiger charge is -2.10. The first-order valence-electron chi connectivity index (χ1n) is 5.75. The maximum atomic E-state index is 11.9. The van der Waals surface area contributed by atoms with Gasteiger partial charge in [0.15, 0.2) is 5.78 Å². The summed E-state index contributed by atoms with van der Waals surface area (Å²) < 4.78 is 1.04. The molecule has 1 N–H and O–H groups in total. The van der Waals surface area contributed by atoms with Crippen LogP contribution < -0.4 is 5.32 Å². The van der Waals surface area contributed by atoms with E-state index in [4.69, 9.17) is 0 Å². The lowest BCUT2D eigenvalue weighted by atomic mass is 10.1. The van der Waals surface area contributed by atoms with Crippen LogP contribution in [0.25, 0.3) is 0 Å². The molecular weight excluding hydrogens is 290 g/mol. The molecule has 0 amide bonds. The Morgan fingerprint density at radius 2 is 1.83 bits per heavy atom. The highest BCUT2D eigenvalue weighted by Gasteiger charge is 2.06. The lowest BCUT2D eigenvalue weighted by Crippen LogP contribution is -2.14. The third kappa shape index (κ3) is 2.99. The van der Waals surface area contributed by atoms with Gasteiger partial charge in [0.1, 0.15) is 0 Å². The summed E-state index contributed by atoms with van der Waals surface area (Å²) in [6.45, 7) is 2.32. The van der Waals surface area contributed by atoms with Crippen molar-refractivity contribution in [3.8, 4) is 0 Å². The summed E-state index contributed by atoms with van der Waals surface area (Å²) in [6, 6.07) is 15.2. The van der Waals surface area contributed by atoms with Crippen molar-refractivity contribution in [2.75, 3.05) is 11.9 Å². The van der Waals surface area contributed by atoms with E-state index in [9.17, 15) is 4.79 Å². The Bertz CT molecular complexity index is 552. The monoisotopic (exact) mass is 303 g/mol. The Labute approximate surface area is 115 Å².